The predicted octanol–water partition coefficient (Wildman–Crippen LogP) is 3.53. The van der Waals surface area contributed by atoms with Gasteiger partial charge >= 0.3 is 24.0 Å². The van der Waals surface area contributed by atoms with Crippen LogP contribution in [0.15, 0.2) is 48.5 Å². The van der Waals surface area contributed by atoms with Gasteiger partial charge in [0.05, 0.1) is 22.6 Å². The van der Waals surface area contributed by atoms with Crippen LogP contribution in [0, 0.1) is 5.92 Å². The molecule has 0 spiro atoms. The molecule has 2 aromatic rings. The van der Waals surface area contributed by atoms with Crippen LogP contribution in [0.3, 0.4) is 0 Å². The van der Waals surface area contributed by atoms with Gasteiger partial charge in [-0.05, 0) is 37.1 Å². The summed E-state index contributed by atoms with van der Waals surface area (Å²) in [7, 11) is 0. The fourth-order valence-electron chi connectivity index (χ4n) is 5.33. The molecule has 49 heavy (non-hydrogen) atoms. The molecule has 4 atom stereocenters. The van der Waals surface area contributed by atoms with E-state index in [0.717, 1.165) is 24.8 Å². The van der Waals surface area contributed by atoms with Crippen molar-refractivity contribution in [1.82, 2.24) is 15.5 Å². The van der Waals surface area contributed by atoms with E-state index in [4.69, 9.17) is 53.8 Å². The number of aliphatic hydroxyl groups excluding tert-OH is 1. The summed E-state index contributed by atoms with van der Waals surface area (Å²) in [5.41, 5.74) is -1.58. The van der Waals surface area contributed by atoms with Gasteiger partial charge in [-0.1, -0.05) is 71.2 Å². The van der Waals surface area contributed by atoms with Crippen LogP contribution in [0.5, 0.6) is 11.5 Å². The quantitative estimate of drug-likeness (QED) is 0.131. The summed E-state index contributed by atoms with van der Waals surface area (Å²) in [5.74, 6) is -5.51. The van der Waals surface area contributed by atoms with E-state index in [-0.39, 0.29) is 23.7 Å². The molecule has 0 radical (unpaired) electrons. The molecule has 2 fully saturated rings. The number of alkyl halides is 3. The molecule has 3 amide bonds. The van der Waals surface area contributed by atoms with Crippen LogP contribution in [0.1, 0.15) is 44.9 Å². The van der Waals surface area contributed by atoms with E-state index in [1.54, 1.807) is 44.2 Å². The summed E-state index contributed by atoms with van der Waals surface area (Å²) >= 11 is 18.3. The Morgan fingerprint density at radius 3 is 2.20 bits per heavy atom. The lowest BCUT2D eigenvalue weighted by molar-refractivity contribution is -0.185. The highest BCUT2D eigenvalue weighted by molar-refractivity contribution is 8.01. The zero-order chi connectivity index (χ0) is 36.3. The summed E-state index contributed by atoms with van der Waals surface area (Å²) in [5, 5.41) is 14.2. The molecule has 2 heterocycles. The summed E-state index contributed by atoms with van der Waals surface area (Å²) < 4.78 is 17.7. The minimum atomic E-state index is -2.16. The Labute approximate surface area is 300 Å². The molecule has 2 aliphatic heterocycles. The number of aliphatic hydroxyl groups is 1. The Kier molecular flexibility index (Phi) is 11.7. The standard InChI is InChI=1S/C31H32Cl3N3O11S/c1-16(39)47-21-11-10-19(12-22(21)48-17(2)40)23(35-28(44)46-15-30(32,33)34)24(41)36-31(27(43)45-14-18-8-6-5-7-9-18)29(3,4)49-26-20(13-38)25(42)37(26)31/h5-12,20,23,26,38H,13-15H2,1-4H3,(H,35,44)(H,36,41)/t20-,23?,26-,31+/m1/s1. The Morgan fingerprint density at radius 2 is 1.61 bits per heavy atom. The number of esters is 3. The van der Waals surface area contributed by atoms with E-state index in [1.165, 1.54) is 23.9 Å². The number of carbonyl (C=O) groups excluding carboxylic acids is 6. The summed E-state index contributed by atoms with van der Waals surface area (Å²) in [6, 6.07) is 10.6. The van der Waals surface area contributed by atoms with E-state index < -0.39 is 80.6 Å². The predicted molar refractivity (Wildman–Crippen MR) is 177 cm³/mol. The number of carbonyl (C=O) groups is 6. The Hall–Kier alpha value is -3.76. The van der Waals surface area contributed by atoms with E-state index in [2.05, 4.69) is 10.6 Å². The van der Waals surface area contributed by atoms with Crippen molar-refractivity contribution >= 4 is 82.4 Å². The molecular weight excluding hydrogens is 729 g/mol. The van der Waals surface area contributed by atoms with Gasteiger partial charge in [-0.25, -0.2) is 9.59 Å². The molecule has 2 saturated heterocycles. The fourth-order valence-corrected chi connectivity index (χ4v) is 7.23. The van der Waals surface area contributed by atoms with Crippen molar-refractivity contribution in [2.24, 2.45) is 5.92 Å². The largest absolute Gasteiger partial charge is 0.458 e. The van der Waals surface area contributed by atoms with E-state index >= 15 is 0 Å². The van der Waals surface area contributed by atoms with Crippen LogP contribution >= 0.6 is 46.6 Å². The van der Waals surface area contributed by atoms with Crippen molar-refractivity contribution in [2.75, 3.05) is 13.2 Å². The van der Waals surface area contributed by atoms with Crippen LogP contribution in [0.4, 0.5) is 4.79 Å². The second kappa shape index (κ2) is 15.0. The highest BCUT2D eigenvalue weighted by Crippen LogP contribution is 2.58. The van der Waals surface area contributed by atoms with Crippen molar-refractivity contribution in [1.29, 1.82) is 0 Å². The third-order valence-corrected chi connectivity index (χ3v) is 9.50. The maximum absolute atomic E-state index is 14.4. The number of benzene rings is 2. The monoisotopic (exact) mass is 759 g/mol. The second-order valence-electron chi connectivity index (χ2n) is 11.4. The number of nitrogens with zero attached hydrogens (tertiary/aromatic N) is 1. The summed E-state index contributed by atoms with van der Waals surface area (Å²) in [6.07, 6.45) is -1.23. The molecule has 4 rings (SSSR count). The van der Waals surface area contributed by atoms with Crippen molar-refractivity contribution in [3.05, 3.63) is 59.7 Å². The minimum Gasteiger partial charge on any atom is -0.458 e. The van der Waals surface area contributed by atoms with Gasteiger partial charge in [0.25, 0.3) is 0 Å². The molecule has 14 nitrogen and oxygen atoms in total. The average Bonchev–Trinajstić information content (AvgIpc) is 3.21. The molecule has 0 bridgehead atoms. The topological polar surface area (TPSA) is 187 Å². The Morgan fingerprint density at radius 1 is 0.980 bits per heavy atom. The lowest BCUT2D eigenvalue weighted by Crippen LogP contribution is -2.78. The first-order valence-electron chi connectivity index (χ1n) is 14.6. The number of rotatable bonds is 11. The van der Waals surface area contributed by atoms with Gasteiger partial charge in [-0.15, -0.1) is 11.8 Å². The molecular formula is C31H32Cl3N3O11S. The summed E-state index contributed by atoms with van der Waals surface area (Å²) in [4.78, 5) is 79.6. The maximum Gasteiger partial charge on any atom is 0.408 e. The van der Waals surface area contributed by atoms with Crippen molar-refractivity contribution < 1.29 is 52.8 Å². The number of halogens is 3. The zero-order valence-electron chi connectivity index (χ0n) is 26.5. The van der Waals surface area contributed by atoms with Gasteiger partial charge in [0.15, 0.2) is 11.5 Å². The number of β-lactam (4-membered cyclic amide) rings is 1. The fraction of sp³-hybridized carbons (Fsp3) is 0.419. The maximum atomic E-state index is 14.4. The smallest absolute Gasteiger partial charge is 0.408 e. The molecule has 3 N–H and O–H groups in total. The molecule has 0 aromatic heterocycles. The minimum absolute atomic E-state index is 0.0496. The number of thioether (sulfide) groups is 1. The van der Waals surface area contributed by atoms with Crippen molar-refractivity contribution in [2.45, 2.75) is 59.9 Å². The van der Waals surface area contributed by atoms with E-state index in [1.807, 2.05) is 0 Å². The SMILES string of the molecule is CC(=O)Oc1ccc(C(NC(=O)OCC(Cl)(Cl)Cl)C(=O)N[C@@]2(C(=O)OCc3ccccc3)N3C(=O)[C@@H](CO)[C@H]3SC2(C)C)cc1OC(C)=O. The first-order valence-corrected chi connectivity index (χ1v) is 16.6. The lowest BCUT2D eigenvalue weighted by Gasteiger charge is -2.50. The van der Waals surface area contributed by atoms with E-state index in [0.29, 0.717) is 5.56 Å². The number of ether oxygens (including phenoxy) is 4. The first kappa shape index (κ1) is 38.0. The van der Waals surface area contributed by atoms with Crippen LogP contribution in [-0.4, -0.2) is 78.6 Å². The molecule has 264 valence electrons. The Balaban J connectivity index is 1.78. The van der Waals surface area contributed by atoms with Gasteiger partial charge in [0, 0.05) is 13.8 Å². The number of amides is 3. The number of hydrogen-bond donors (Lipinski definition) is 3. The highest BCUT2D eigenvalue weighted by atomic mass is 35.6. The van der Waals surface area contributed by atoms with Crippen molar-refractivity contribution in [3.8, 4) is 11.5 Å². The molecule has 18 heteroatoms. The third-order valence-electron chi connectivity index (χ3n) is 7.51. The van der Waals surface area contributed by atoms with Crippen LogP contribution in [0.2, 0.25) is 0 Å². The van der Waals surface area contributed by atoms with Gasteiger partial charge < -0.3 is 34.7 Å². The van der Waals surface area contributed by atoms with Crippen LogP contribution in [-0.2, 0) is 40.1 Å². The first-order chi connectivity index (χ1) is 22.9. The highest BCUT2D eigenvalue weighted by Gasteiger charge is 2.74. The lowest BCUT2D eigenvalue weighted by atomic mass is 9.85. The van der Waals surface area contributed by atoms with Gasteiger partial charge in [-0.2, -0.15) is 0 Å². The molecule has 2 aromatic carbocycles. The average molecular weight is 761 g/mol. The number of fused-ring (bicyclic) bond motifs is 1. The Bertz CT molecular complexity index is 1640. The summed E-state index contributed by atoms with van der Waals surface area (Å²) in [6.45, 7) is 4.02. The molecule has 1 unspecified atom stereocenters. The normalized spacial score (nSPS) is 21.4. The van der Waals surface area contributed by atoms with Crippen molar-refractivity contribution in [3.63, 3.8) is 0 Å². The second-order valence-corrected chi connectivity index (χ2v) is 15.7. The molecule has 0 aliphatic carbocycles. The van der Waals surface area contributed by atoms with E-state index in [9.17, 15) is 33.9 Å². The third kappa shape index (κ3) is 8.35. The zero-order valence-corrected chi connectivity index (χ0v) is 29.6. The number of nitrogens with one attached hydrogen (secondary N) is 2. The number of alkyl carbamates (subject to hydrolysis) is 1. The van der Waals surface area contributed by atoms with Gasteiger partial charge in [0.1, 0.15) is 19.3 Å². The van der Waals surface area contributed by atoms with Crippen LogP contribution in [0.25, 0.3) is 0 Å². The molecule has 0 saturated carbocycles. The number of hydrogen-bond acceptors (Lipinski definition) is 12. The van der Waals surface area contributed by atoms with Crippen LogP contribution < -0.4 is 20.1 Å². The van der Waals surface area contributed by atoms with Gasteiger partial charge in [0.2, 0.25) is 21.3 Å². The molecule has 2 aliphatic rings. The van der Waals surface area contributed by atoms with Gasteiger partial charge in [-0.3, -0.25) is 24.1 Å².